The Morgan fingerprint density at radius 1 is 0.326 bits per heavy atom. The molecule has 0 spiro atoms. The smallest absolute Gasteiger partial charge is 0.0442 e. The van der Waals surface area contributed by atoms with E-state index in [0.717, 1.165) is 0 Å². The van der Waals surface area contributed by atoms with Gasteiger partial charge in [0.15, 0.2) is 0 Å². The van der Waals surface area contributed by atoms with Gasteiger partial charge < -0.3 is 0 Å². The van der Waals surface area contributed by atoms with Crippen molar-refractivity contribution in [2.45, 2.75) is 0 Å². The average Bonchev–Trinajstić information content (AvgIpc) is 3.73. The maximum absolute atomic E-state index is 2.49. The summed E-state index contributed by atoms with van der Waals surface area (Å²) in [5, 5.41) is 11.7. The third-order valence-corrected chi connectivity index (χ3v) is 11.9. The van der Waals surface area contributed by atoms with E-state index in [9.17, 15) is 0 Å². The number of rotatable bonds is 3. The van der Waals surface area contributed by atoms with Crippen LogP contribution in [0.5, 0.6) is 0 Å². The van der Waals surface area contributed by atoms with Crippen LogP contribution in [0.15, 0.2) is 158 Å². The lowest BCUT2D eigenvalue weighted by Gasteiger charge is -2.19. The maximum atomic E-state index is 2.49. The summed E-state index contributed by atoms with van der Waals surface area (Å²) in [5.74, 6) is 0. The molecule has 8 aromatic carbocycles. The zero-order valence-electron chi connectivity index (χ0n) is 24.8. The molecular formula is C44H26S2. The molecule has 0 bridgehead atoms. The highest BCUT2D eigenvalue weighted by Gasteiger charge is 2.22. The summed E-state index contributed by atoms with van der Waals surface area (Å²) in [6.07, 6.45) is 0. The van der Waals surface area contributed by atoms with Crippen molar-refractivity contribution < 1.29 is 0 Å². The molecule has 2 heteroatoms. The summed E-state index contributed by atoms with van der Waals surface area (Å²) in [6.45, 7) is 0. The number of benzene rings is 8. The molecule has 0 fully saturated rings. The predicted molar refractivity (Wildman–Crippen MR) is 204 cm³/mol. The Hall–Kier alpha value is -5.28. The van der Waals surface area contributed by atoms with Gasteiger partial charge in [0.2, 0.25) is 0 Å². The quantitative estimate of drug-likeness (QED) is 0.173. The predicted octanol–water partition coefficient (Wildman–Crippen LogP) is 13.7. The van der Waals surface area contributed by atoms with Gasteiger partial charge in [0, 0.05) is 40.7 Å². The van der Waals surface area contributed by atoms with E-state index in [1.54, 1.807) is 0 Å². The largest absolute Gasteiger partial charge is 0.135 e. The van der Waals surface area contributed by atoms with E-state index >= 15 is 0 Å². The van der Waals surface area contributed by atoms with Gasteiger partial charge in [0.05, 0.1) is 0 Å². The number of fused-ring (bicyclic) bond motifs is 8. The Labute approximate surface area is 274 Å². The normalized spacial score (nSPS) is 11.9. The van der Waals surface area contributed by atoms with Crippen LogP contribution < -0.4 is 0 Å². The number of thiophene rings is 2. The Balaban J connectivity index is 1.39. The molecule has 0 N–H and O–H groups in total. The second-order valence-electron chi connectivity index (χ2n) is 12.0. The highest BCUT2D eigenvalue weighted by atomic mass is 32.1. The third kappa shape index (κ3) is 3.78. The van der Waals surface area contributed by atoms with Crippen LogP contribution in [0.2, 0.25) is 0 Å². The van der Waals surface area contributed by atoms with Gasteiger partial charge in [-0.2, -0.15) is 0 Å². The second kappa shape index (κ2) is 10.1. The Kier molecular flexibility index (Phi) is 5.72. The monoisotopic (exact) mass is 618 g/mol. The average molecular weight is 619 g/mol. The van der Waals surface area contributed by atoms with Gasteiger partial charge in [0.1, 0.15) is 0 Å². The van der Waals surface area contributed by atoms with E-state index in [1.165, 1.54) is 95.3 Å². The summed E-state index contributed by atoms with van der Waals surface area (Å²) in [7, 11) is 0. The van der Waals surface area contributed by atoms with Gasteiger partial charge in [0.25, 0.3) is 0 Å². The molecule has 0 saturated heterocycles. The maximum Gasteiger partial charge on any atom is 0.0442 e. The Bertz CT molecular complexity index is 2740. The molecule has 10 aromatic rings. The first kappa shape index (κ1) is 26.0. The van der Waals surface area contributed by atoms with Crippen LogP contribution in [0, 0.1) is 0 Å². The van der Waals surface area contributed by atoms with Gasteiger partial charge in [-0.05, 0) is 72.8 Å². The van der Waals surface area contributed by atoms with Gasteiger partial charge in [-0.15, -0.1) is 22.7 Å². The molecule has 0 aliphatic heterocycles. The minimum absolute atomic E-state index is 1.26. The molecule has 214 valence electrons. The molecule has 2 aromatic heterocycles. The van der Waals surface area contributed by atoms with Gasteiger partial charge in [-0.1, -0.05) is 140 Å². The Morgan fingerprint density at radius 2 is 0.891 bits per heavy atom. The summed E-state index contributed by atoms with van der Waals surface area (Å²) < 4.78 is 4.06. The molecule has 2 heterocycles. The van der Waals surface area contributed by atoms with Crippen LogP contribution in [-0.4, -0.2) is 0 Å². The third-order valence-electron chi connectivity index (χ3n) is 9.46. The summed E-state index contributed by atoms with van der Waals surface area (Å²) in [6, 6.07) is 58.2. The molecular weight excluding hydrogens is 593 g/mol. The van der Waals surface area contributed by atoms with E-state index in [-0.39, 0.29) is 0 Å². The zero-order valence-corrected chi connectivity index (χ0v) is 26.5. The molecule has 0 nitrogen and oxygen atoms in total. The molecule has 0 saturated carbocycles. The van der Waals surface area contributed by atoms with Crippen molar-refractivity contribution in [1.82, 2.24) is 0 Å². The molecule has 46 heavy (non-hydrogen) atoms. The van der Waals surface area contributed by atoms with E-state index in [4.69, 9.17) is 0 Å². The highest BCUT2D eigenvalue weighted by Crippen LogP contribution is 2.51. The fourth-order valence-corrected chi connectivity index (χ4v) is 9.92. The standard InChI is InChI=1S/C44H26S2/c1-2-14-28(15-3-1)40-26-38-43-36(30-18-10-11-24-39(30)45-43)25-37(44(38)46-40)42-34-21-8-6-19-32(34)41(33-20-7-9-22-35(33)42)31-23-12-16-27-13-4-5-17-29(27)31/h1-26H. The lowest BCUT2D eigenvalue weighted by atomic mass is 9.84. The molecule has 0 unspecified atom stereocenters. The first-order valence-corrected chi connectivity index (χ1v) is 17.3. The molecule has 0 atom stereocenters. The second-order valence-corrected chi connectivity index (χ2v) is 14.1. The fourth-order valence-electron chi connectivity index (χ4n) is 7.46. The van der Waals surface area contributed by atoms with Crippen LogP contribution in [0.4, 0.5) is 0 Å². The van der Waals surface area contributed by atoms with E-state index < -0.39 is 0 Å². The first-order chi connectivity index (χ1) is 22.8. The molecule has 0 radical (unpaired) electrons. The Morgan fingerprint density at radius 3 is 1.61 bits per heavy atom. The molecule has 0 amide bonds. The van der Waals surface area contributed by atoms with Gasteiger partial charge in [-0.3, -0.25) is 0 Å². The summed E-state index contributed by atoms with van der Waals surface area (Å²) in [4.78, 5) is 1.31. The van der Waals surface area contributed by atoms with Crippen LogP contribution in [0.25, 0.3) is 95.3 Å². The summed E-state index contributed by atoms with van der Waals surface area (Å²) in [5.41, 5.74) is 6.49. The van der Waals surface area contributed by atoms with Crippen molar-refractivity contribution >= 4 is 85.2 Å². The van der Waals surface area contributed by atoms with Crippen molar-refractivity contribution in [3.8, 4) is 32.7 Å². The fraction of sp³-hybridized carbons (Fsp3) is 0. The minimum atomic E-state index is 1.26. The lowest BCUT2D eigenvalue weighted by molar-refractivity contribution is 1.70. The minimum Gasteiger partial charge on any atom is -0.135 e. The first-order valence-electron chi connectivity index (χ1n) is 15.7. The van der Waals surface area contributed by atoms with E-state index in [0.29, 0.717) is 0 Å². The van der Waals surface area contributed by atoms with Gasteiger partial charge in [-0.25, -0.2) is 0 Å². The van der Waals surface area contributed by atoms with Gasteiger partial charge >= 0.3 is 0 Å². The zero-order chi connectivity index (χ0) is 30.2. The van der Waals surface area contributed by atoms with Crippen molar-refractivity contribution in [3.05, 3.63) is 158 Å². The van der Waals surface area contributed by atoms with E-state index in [2.05, 4.69) is 158 Å². The van der Waals surface area contributed by atoms with Crippen molar-refractivity contribution in [2.24, 2.45) is 0 Å². The van der Waals surface area contributed by atoms with Crippen LogP contribution in [0.1, 0.15) is 0 Å². The molecule has 0 aliphatic carbocycles. The molecule has 10 rings (SSSR count). The van der Waals surface area contributed by atoms with Crippen molar-refractivity contribution in [2.75, 3.05) is 0 Å². The highest BCUT2D eigenvalue weighted by molar-refractivity contribution is 7.28. The van der Waals surface area contributed by atoms with E-state index in [1.807, 2.05) is 22.7 Å². The lowest BCUT2D eigenvalue weighted by Crippen LogP contribution is -1.91. The van der Waals surface area contributed by atoms with Crippen molar-refractivity contribution in [1.29, 1.82) is 0 Å². The van der Waals surface area contributed by atoms with Crippen molar-refractivity contribution in [3.63, 3.8) is 0 Å². The van der Waals surface area contributed by atoms with Crippen LogP contribution >= 0.6 is 22.7 Å². The number of hydrogen-bond acceptors (Lipinski definition) is 2. The molecule has 0 aliphatic rings. The number of hydrogen-bond donors (Lipinski definition) is 0. The van der Waals surface area contributed by atoms with Crippen LogP contribution in [-0.2, 0) is 0 Å². The van der Waals surface area contributed by atoms with Crippen LogP contribution in [0.3, 0.4) is 0 Å². The summed E-state index contributed by atoms with van der Waals surface area (Å²) >= 11 is 3.84. The topological polar surface area (TPSA) is 0 Å². The SMILES string of the molecule is c1ccc(-c2cc3c(s2)c(-c2c4ccccc4c(-c4cccc5ccccc45)c4ccccc24)cc2c4ccccc4sc32)cc1.